The zero-order valence-electron chi connectivity index (χ0n) is 11.6. The number of hydrogen-bond donors (Lipinski definition) is 3. The summed E-state index contributed by atoms with van der Waals surface area (Å²) in [5, 5.41) is 39.6. The molecule has 22 heavy (non-hydrogen) atoms. The zero-order chi connectivity index (χ0) is 16.3. The Hall–Kier alpha value is -3.00. The smallest absolute Gasteiger partial charge is 0.271 e. The summed E-state index contributed by atoms with van der Waals surface area (Å²) in [6.45, 7) is 1.22. The molecular weight excluding hydrogens is 290 g/mol. The van der Waals surface area contributed by atoms with E-state index in [-0.39, 0.29) is 35.0 Å². The molecule has 2 aromatic rings. The number of phenolic OH excluding ortho intramolecular Hbond substituents is 1. The highest BCUT2D eigenvalue weighted by Crippen LogP contribution is 2.31. The molecule has 0 aliphatic heterocycles. The molecule has 0 saturated carbocycles. The summed E-state index contributed by atoms with van der Waals surface area (Å²) in [4.78, 5) is 18.0. The lowest BCUT2D eigenvalue weighted by molar-refractivity contribution is -0.384. The van der Waals surface area contributed by atoms with Crippen LogP contribution in [0.5, 0.6) is 11.5 Å². The number of hydrogen-bond acceptors (Lipinski definition) is 7. The maximum absolute atomic E-state index is 10.7. The van der Waals surface area contributed by atoms with Gasteiger partial charge in [-0.1, -0.05) is 0 Å². The number of aromatic hydroxyl groups is 2. The molecule has 0 saturated heterocycles. The average molecular weight is 303 g/mol. The molecular formula is C14H13N3O5. The number of aliphatic hydroxyl groups excluding tert-OH is 1. The Morgan fingerprint density at radius 1 is 1.41 bits per heavy atom. The van der Waals surface area contributed by atoms with E-state index in [1.807, 2.05) is 0 Å². The Kier molecular flexibility index (Phi) is 4.33. The first-order chi connectivity index (χ1) is 10.4. The quantitative estimate of drug-likeness (QED) is 0.449. The standard InChI is InChI=1S/C14H13N3O5/c1-8-14(20)11(9(7-18)5-15-8)6-16-12-4-10(17(21)22)2-3-13(12)19/h2-6,18-20H,7H2,1H3. The lowest BCUT2D eigenvalue weighted by Crippen LogP contribution is -1.97. The Labute approximate surface area is 125 Å². The molecule has 0 atom stereocenters. The molecule has 1 aromatic carbocycles. The van der Waals surface area contributed by atoms with E-state index in [0.717, 1.165) is 18.2 Å². The van der Waals surface area contributed by atoms with E-state index >= 15 is 0 Å². The SMILES string of the molecule is Cc1ncc(CO)c(C=Nc2cc([N+](=O)[O-])ccc2O)c1O. The van der Waals surface area contributed by atoms with Crippen LogP contribution < -0.4 is 0 Å². The van der Waals surface area contributed by atoms with Gasteiger partial charge in [-0.2, -0.15) is 0 Å². The van der Waals surface area contributed by atoms with Gasteiger partial charge in [0.05, 0.1) is 17.2 Å². The van der Waals surface area contributed by atoms with E-state index in [1.165, 1.54) is 12.4 Å². The molecule has 0 bridgehead atoms. The number of benzene rings is 1. The van der Waals surface area contributed by atoms with Crippen molar-refractivity contribution in [2.75, 3.05) is 0 Å². The number of non-ortho nitro benzene ring substituents is 1. The number of phenols is 1. The molecule has 1 heterocycles. The van der Waals surface area contributed by atoms with Crippen LogP contribution in [0.2, 0.25) is 0 Å². The topological polar surface area (TPSA) is 129 Å². The molecule has 114 valence electrons. The minimum absolute atomic E-state index is 0.0213. The van der Waals surface area contributed by atoms with E-state index in [9.17, 15) is 25.4 Å². The second-order valence-electron chi connectivity index (χ2n) is 4.48. The first-order valence-corrected chi connectivity index (χ1v) is 6.23. The maximum Gasteiger partial charge on any atom is 0.271 e. The molecule has 3 N–H and O–H groups in total. The van der Waals surface area contributed by atoms with Crippen LogP contribution in [-0.2, 0) is 6.61 Å². The summed E-state index contributed by atoms with van der Waals surface area (Å²) in [7, 11) is 0. The van der Waals surface area contributed by atoms with E-state index in [4.69, 9.17) is 0 Å². The van der Waals surface area contributed by atoms with Crippen molar-refractivity contribution in [3.63, 3.8) is 0 Å². The lowest BCUT2D eigenvalue weighted by atomic mass is 10.1. The number of aliphatic imine (C=N–C) groups is 1. The highest BCUT2D eigenvalue weighted by atomic mass is 16.6. The Morgan fingerprint density at radius 3 is 2.77 bits per heavy atom. The van der Waals surface area contributed by atoms with Gasteiger partial charge in [0, 0.05) is 35.7 Å². The van der Waals surface area contributed by atoms with Crippen molar-refractivity contribution in [1.82, 2.24) is 4.98 Å². The summed E-state index contributed by atoms with van der Waals surface area (Å²) < 4.78 is 0. The summed E-state index contributed by atoms with van der Waals surface area (Å²) in [6, 6.07) is 3.42. The number of rotatable bonds is 4. The number of aromatic nitrogens is 1. The molecule has 0 spiro atoms. The Balaban J connectivity index is 2.47. The minimum atomic E-state index is -0.605. The summed E-state index contributed by atoms with van der Waals surface area (Å²) in [5.41, 5.74) is 0.689. The number of nitro benzene ring substituents is 1. The summed E-state index contributed by atoms with van der Waals surface area (Å²) in [6.07, 6.45) is 2.61. The van der Waals surface area contributed by atoms with Crippen LogP contribution in [0.1, 0.15) is 16.8 Å². The molecule has 0 fully saturated rings. The molecule has 2 rings (SSSR count). The maximum atomic E-state index is 10.7. The first kappa shape index (κ1) is 15.4. The Bertz CT molecular complexity index is 758. The fourth-order valence-electron chi connectivity index (χ4n) is 1.79. The van der Waals surface area contributed by atoms with Crippen LogP contribution in [0.4, 0.5) is 11.4 Å². The third-order valence-electron chi connectivity index (χ3n) is 3.03. The van der Waals surface area contributed by atoms with Crippen molar-refractivity contribution in [2.24, 2.45) is 4.99 Å². The van der Waals surface area contributed by atoms with Gasteiger partial charge in [-0.25, -0.2) is 0 Å². The van der Waals surface area contributed by atoms with Crippen molar-refractivity contribution in [3.8, 4) is 11.5 Å². The highest BCUT2D eigenvalue weighted by molar-refractivity contribution is 5.88. The van der Waals surface area contributed by atoms with Gasteiger partial charge in [0.2, 0.25) is 0 Å². The fraction of sp³-hybridized carbons (Fsp3) is 0.143. The van der Waals surface area contributed by atoms with Gasteiger partial charge in [-0.3, -0.25) is 20.1 Å². The zero-order valence-corrected chi connectivity index (χ0v) is 11.6. The van der Waals surface area contributed by atoms with Crippen LogP contribution in [0.25, 0.3) is 0 Å². The number of aliphatic hydroxyl groups is 1. The number of nitrogens with zero attached hydrogens (tertiary/aromatic N) is 3. The highest BCUT2D eigenvalue weighted by Gasteiger charge is 2.12. The van der Waals surface area contributed by atoms with E-state index in [2.05, 4.69) is 9.98 Å². The lowest BCUT2D eigenvalue weighted by Gasteiger charge is -2.07. The van der Waals surface area contributed by atoms with Crippen molar-refractivity contribution < 1.29 is 20.2 Å². The second kappa shape index (κ2) is 6.19. The minimum Gasteiger partial charge on any atom is -0.506 e. The summed E-state index contributed by atoms with van der Waals surface area (Å²) >= 11 is 0. The van der Waals surface area contributed by atoms with Gasteiger partial charge >= 0.3 is 0 Å². The van der Waals surface area contributed by atoms with E-state index < -0.39 is 4.92 Å². The van der Waals surface area contributed by atoms with Crippen molar-refractivity contribution in [2.45, 2.75) is 13.5 Å². The van der Waals surface area contributed by atoms with Crippen molar-refractivity contribution in [3.05, 3.63) is 51.3 Å². The van der Waals surface area contributed by atoms with Gasteiger partial charge in [0.25, 0.3) is 5.69 Å². The van der Waals surface area contributed by atoms with Crippen LogP contribution >= 0.6 is 0 Å². The van der Waals surface area contributed by atoms with Gasteiger partial charge in [0.1, 0.15) is 17.2 Å². The average Bonchev–Trinajstić information content (AvgIpc) is 2.49. The normalized spacial score (nSPS) is 11.0. The molecule has 8 heteroatoms. The number of nitro groups is 1. The van der Waals surface area contributed by atoms with Crippen LogP contribution in [-0.4, -0.2) is 31.4 Å². The Morgan fingerprint density at radius 2 is 2.14 bits per heavy atom. The van der Waals surface area contributed by atoms with Gasteiger partial charge in [0.15, 0.2) is 0 Å². The monoisotopic (exact) mass is 303 g/mol. The molecule has 0 radical (unpaired) electrons. The largest absolute Gasteiger partial charge is 0.506 e. The van der Waals surface area contributed by atoms with Crippen molar-refractivity contribution in [1.29, 1.82) is 0 Å². The third-order valence-corrected chi connectivity index (χ3v) is 3.03. The van der Waals surface area contributed by atoms with Crippen molar-refractivity contribution >= 4 is 17.6 Å². The molecule has 0 unspecified atom stereocenters. The molecule has 0 aliphatic carbocycles. The van der Waals surface area contributed by atoms with Crippen LogP contribution in [0, 0.1) is 17.0 Å². The van der Waals surface area contributed by atoms with Gasteiger partial charge in [-0.15, -0.1) is 0 Å². The van der Waals surface area contributed by atoms with E-state index in [1.54, 1.807) is 6.92 Å². The fourth-order valence-corrected chi connectivity index (χ4v) is 1.79. The second-order valence-corrected chi connectivity index (χ2v) is 4.48. The van der Waals surface area contributed by atoms with Gasteiger partial charge in [-0.05, 0) is 13.0 Å². The molecule has 8 nitrogen and oxygen atoms in total. The molecule has 0 aliphatic rings. The van der Waals surface area contributed by atoms with Crippen LogP contribution in [0.3, 0.4) is 0 Å². The predicted octanol–water partition coefficient (Wildman–Crippen LogP) is 1.95. The first-order valence-electron chi connectivity index (χ1n) is 6.23. The molecule has 0 amide bonds. The third kappa shape index (κ3) is 3.01. The number of pyridine rings is 1. The summed E-state index contributed by atoms with van der Waals surface area (Å²) in [5.74, 6) is -0.391. The van der Waals surface area contributed by atoms with Crippen LogP contribution in [0.15, 0.2) is 29.4 Å². The predicted molar refractivity (Wildman–Crippen MR) is 78.6 cm³/mol. The van der Waals surface area contributed by atoms with E-state index in [0.29, 0.717) is 11.3 Å². The van der Waals surface area contributed by atoms with Gasteiger partial charge < -0.3 is 15.3 Å². The number of aryl methyl sites for hydroxylation is 1. The molecule has 1 aromatic heterocycles.